The van der Waals surface area contributed by atoms with E-state index >= 15 is 0 Å². The normalized spacial score (nSPS) is 48.2. The van der Waals surface area contributed by atoms with Gasteiger partial charge in [0, 0.05) is 0 Å². The Balaban J connectivity index is 1.47. The zero-order valence-corrected chi connectivity index (χ0v) is 22.4. The highest BCUT2D eigenvalue weighted by molar-refractivity contribution is 7.80. The minimum atomic E-state index is 0.464. The molecule has 0 aromatic carbocycles. The van der Waals surface area contributed by atoms with Crippen LogP contribution in [0.5, 0.6) is 0 Å². The minimum Gasteiger partial charge on any atom is -0.368 e. The van der Waals surface area contributed by atoms with Gasteiger partial charge in [-0.05, 0) is 110 Å². The second-order valence-electron chi connectivity index (χ2n) is 13.4. The third-order valence-electron chi connectivity index (χ3n) is 11.5. The summed E-state index contributed by atoms with van der Waals surface area (Å²) in [6.45, 7) is 15.4. The van der Waals surface area contributed by atoms with E-state index in [1.54, 1.807) is 0 Å². The van der Waals surface area contributed by atoms with Crippen LogP contribution in [-0.2, 0) is 4.74 Å². The summed E-state index contributed by atoms with van der Waals surface area (Å²) in [4.78, 5) is 0. The molecule has 4 aliphatic carbocycles. The summed E-state index contributed by atoms with van der Waals surface area (Å²) in [6.07, 6.45) is 16.3. The van der Waals surface area contributed by atoms with Gasteiger partial charge in [-0.1, -0.05) is 60.8 Å². The molecule has 6 unspecified atom stereocenters. The van der Waals surface area contributed by atoms with Crippen LogP contribution < -0.4 is 0 Å². The molecule has 4 rings (SSSR count). The molecule has 0 aromatic rings. The van der Waals surface area contributed by atoms with Gasteiger partial charge in [0.25, 0.3) is 0 Å². The fourth-order valence-corrected chi connectivity index (χ4v) is 10.2. The number of hydrogen-bond acceptors (Lipinski definition) is 2. The summed E-state index contributed by atoms with van der Waals surface area (Å²) in [5.41, 5.74) is 1.18. The van der Waals surface area contributed by atoms with E-state index in [0.29, 0.717) is 22.9 Å². The van der Waals surface area contributed by atoms with Gasteiger partial charge in [-0.2, -0.15) is 12.6 Å². The molecule has 0 aromatic heterocycles. The maximum absolute atomic E-state index is 6.00. The van der Waals surface area contributed by atoms with Crippen molar-refractivity contribution in [3.05, 3.63) is 0 Å². The van der Waals surface area contributed by atoms with Crippen molar-refractivity contribution in [1.29, 1.82) is 0 Å². The van der Waals surface area contributed by atoms with E-state index in [-0.39, 0.29) is 0 Å². The van der Waals surface area contributed by atoms with Crippen molar-refractivity contribution in [2.24, 2.45) is 58.2 Å². The van der Waals surface area contributed by atoms with E-state index in [9.17, 15) is 0 Å². The molecular formula is C29H52OS. The molecule has 10 atom stereocenters. The summed E-state index contributed by atoms with van der Waals surface area (Å²) in [5.74, 6) is 8.03. The first-order valence-electron chi connectivity index (χ1n) is 13.9. The molecule has 0 radical (unpaired) electrons. The van der Waals surface area contributed by atoms with Crippen molar-refractivity contribution < 1.29 is 4.74 Å². The van der Waals surface area contributed by atoms with Crippen molar-refractivity contribution in [1.82, 2.24) is 0 Å². The average Bonchev–Trinajstić information content (AvgIpc) is 3.06. The number of ether oxygens (including phenoxy) is 1. The molecule has 4 aliphatic rings. The summed E-state index contributed by atoms with van der Waals surface area (Å²) in [5, 5.41) is 0. The van der Waals surface area contributed by atoms with Crippen molar-refractivity contribution >= 4 is 12.6 Å². The number of rotatable bonds is 7. The van der Waals surface area contributed by atoms with Crippen molar-refractivity contribution in [3.63, 3.8) is 0 Å². The second-order valence-corrected chi connectivity index (χ2v) is 13.7. The van der Waals surface area contributed by atoms with Crippen LogP contribution in [0.2, 0.25) is 0 Å². The molecular weight excluding hydrogens is 396 g/mol. The van der Waals surface area contributed by atoms with Crippen LogP contribution in [0.4, 0.5) is 0 Å². The SMILES string of the molecule is CC(C)CCCC(C)C1CCC2C3C[C@@H](C)C4C[C@@H](OCS)CC[C@]4(C)C3CC[C@]12C. The zero-order chi connectivity index (χ0) is 22.4. The highest BCUT2D eigenvalue weighted by Crippen LogP contribution is 2.69. The largest absolute Gasteiger partial charge is 0.368 e. The van der Waals surface area contributed by atoms with E-state index in [1.807, 2.05) is 0 Å². The molecule has 4 fully saturated rings. The van der Waals surface area contributed by atoms with Crippen LogP contribution in [0.3, 0.4) is 0 Å². The number of fused-ring (bicyclic) bond motifs is 5. The van der Waals surface area contributed by atoms with Gasteiger partial charge in [-0.15, -0.1) is 0 Å². The molecule has 180 valence electrons. The Morgan fingerprint density at radius 3 is 2.29 bits per heavy atom. The van der Waals surface area contributed by atoms with E-state index < -0.39 is 0 Å². The summed E-state index contributed by atoms with van der Waals surface area (Å²) in [7, 11) is 0. The van der Waals surface area contributed by atoms with Crippen LogP contribution in [0.15, 0.2) is 0 Å². The monoisotopic (exact) mass is 448 g/mol. The zero-order valence-electron chi connectivity index (χ0n) is 21.5. The lowest BCUT2D eigenvalue weighted by Crippen LogP contribution is -2.56. The molecule has 0 saturated heterocycles. The highest BCUT2D eigenvalue weighted by atomic mass is 32.1. The summed E-state index contributed by atoms with van der Waals surface area (Å²) >= 11 is 4.35. The fraction of sp³-hybridized carbons (Fsp3) is 1.00. The Labute approximate surface area is 199 Å². The summed E-state index contributed by atoms with van der Waals surface area (Å²) < 4.78 is 6.00. The quantitative estimate of drug-likeness (QED) is 0.303. The Morgan fingerprint density at radius 1 is 0.871 bits per heavy atom. The minimum absolute atomic E-state index is 0.464. The molecule has 0 N–H and O–H groups in total. The first-order valence-corrected chi connectivity index (χ1v) is 14.6. The van der Waals surface area contributed by atoms with Crippen LogP contribution in [0.25, 0.3) is 0 Å². The van der Waals surface area contributed by atoms with Crippen molar-refractivity contribution in [3.8, 4) is 0 Å². The second kappa shape index (κ2) is 9.52. The van der Waals surface area contributed by atoms with E-state index in [2.05, 4.69) is 54.2 Å². The van der Waals surface area contributed by atoms with Gasteiger partial charge in [0.15, 0.2) is 0 Å². The molecule has 0 spiro atoms. The van der Waals surface area contributed by atoms with Gasteiger partial charge < -0.3 is 4.74 Å². The third-order valence-corrected chi connectivity index (χ3v) is 11.6. The smallest absolute Gasteiger partial charge is 0.0896 e. The first kappa shape index (κ1) is 24.4. The predicted octanol–water partition coefficient (Wildman–Crippen LogP) is 8.63. The molecule has 0 bridgehead atoms. The van der Waals surface area contributed by atoms with Crippen molar-refractivity contribution in [2.45, 2.75) is 118 Å². The van der Waals surface area contributed by atoms with Gasteiger partial charge in [-0.3, -0.25) is 0 Å². The fourth-order valence-electron chi connectivity index (χ4n) is 9.98. The van der Waals surface area contributed by atoms with Crippen molar-refractivity contribution in [2.75, 3.05) is 5.94 Å². The van der Waals surface area contributed by atoms with Gasteiger partial charge in [0.1, 0.15) is 0 Å². The van der Waals surface area contributed by atoms with Crippen LogP contribution in [0.1, 0.15) is 112 Å². The molecule has 0 aliphatic heterocycles. The number of hydrogen-bond donors (Lipinski definition) is 1. The lowest BCUT2D eigenvalue weighted by molar-refractivity contribution is -0.153. The van der Waals surface area contributed by atoms with Gasteiger partial charge in [-0.25, -0.2) is 0 Å². The lowest BCUT2D eigenvalue weighted by atomic mass is 9.42. The lowest BCUT2D eigenvalue weighted by Gasteiger charge is -2.63. The Morgan fingerprint density at radius 2 is 1.58 bits per heavy atom. The average molecular weight is 449 g/mol. The Hall–Kier alpha value is 0.310. The highest BCUT2D eigenvalue weighted by Gasteiger charge is 2.61. The molecule has 1 nitrogen and oxygen atoms in total. The van der Waals surface area contributed by atoms with Gasteiger partial charge >= 0.3 is 0 Å². The van der Waals surface area contributed by atoms with Crippen LogP contribution >= 0.6 is 12.6 Å². The summed E-state index contributed by atoms with van der Waals surface area (Å²) in [6, 6.07) is 0. The third kappa shape index (κ3) is 4.40. The number of thiol groups is 1. The van der Waals surface area contributed by atoms with Crippen LogP contribution in [-0.4, -0.2) is 12.0 Å². The molecule has 31 heavy (non-hydrogen) atoms. The predicted molar refractivity (Wildman–Crippen MR) is 136 cm³/mol. The molecule has 0 amide bonds. The van der Waals surface area contributed by atoms with E-state index in [4.69, 9.17) is 4.74 Å². The van der Waals surface area contributed by atoms with E-state index in [0.717, 1.165) is 47.3 Å². The molecule has 2 heteroatoms. The Kier molecular flexibility index (Phi) is 7.50. The molecule has 0 heterocycles. The van der Waals surface area contributed by atoms with Gasteiger partial charge in [0.05, 0.1) is 12.0 Å². The van der Waals surface area contributed by atoms with E-state index in [1.165, 1.54) is 70.6 Å². The van der Waals surface area contributed by atoms with Gasteiger partial charge in [0.2, 0.25) is 0 Å². The molecule has 4 saturated carbocycles. The maximum Gasteiger partial charge on any atom is 0.0896 e. The maximum atomic E-state index is 6.00. The Bertz CT molecular complexity index is 604. The topological polar surface area (TPSA) is 9.23 Å². The van der Waals surface area contributed by atoms with Crippen LogP contribution in [0, 0.1) is 58.2 Å². The first-order chi connectivity index (χ1) is 14.7. The standard InChI is InChI=1S/C29H52OS/c1-19(2)8-7-9-20(3)24-10-11-25-23-16-21(4)27-17-22(30-18-31)12-14-29(27,6)26(23)13-15-28(24,25)5/h19-27,31H,7-18H2,1-6H3/t20?,21-,22+,23?,24?,25?,26?,27?,28-,29-/m1/s1.